The molecule has 0 saturated carbocycles. The predicted molar refractivity (Wildman–Crippen MR) is 61.3 cm³/mol. The van der Waals surface area contributed by atoms with E-state index in [4.69, 9.17) is 5.26 Å². The van der Waals surface area contributed by atoms with Crippen LogP contribution in [0.3, 0.4) is 0 Å². The Bertz CT molecular complexity index is 488. The van der Waals surface area contributed by atoms with Gasteiger partial charge in [-0.3, -0.25) is 9.59 Å². The van der Waals surface area contributed by atoms with Crippen molar-refractivity contribution >= 4 is 11.6 Å². The summed E-state index contributed by atoms with van der Waals surface area (Å²) in [6.45, 7) is 0.132. The molecule has 0 aliphatic rings. The zero-order valence-corrected chi connectivity index (χ0v) is 9.43. The number of anilines is 1. The number of nitriles is 1. The molecule has 0 atom stereocenters. The molecule has 7 heteroatoms. The molecule has 1 heterocycles. The molecule has 1 aromatic heterocycles. The summed E-state index contributed by atoms with van der Waals surface area (Å²) in [7, 11) is 1.68. The number of amides is 1. The maximum Gasteiger partial charge on any atom is 0.269 e. The number of aromatic nitrogens is 2. The molecular formula is C10H13N5O2. The van der Waals surface area contributed by atoms with Gasteiger partial charge in [0.25, 0.3) is 5.56 Å². The van der Waals surface area contributed by atoms with Gasteiger partial charge in [0.15, 0.2) is 0 Å². The normalized spacial score (nSPS) is 9.41. The van der Waals surface area contributed by atoms with Crippen LogP contribution in [0.25, 0.3) is 0 Å². The molecule has 0 spiro atoms. The van der Waals surface area contributed by atoms with Gasteiger partial charge in [-0.15, -0.1) is 0 Å². The van der Waals surface area contributed by atoms with Crippen molar-refractivity contribution in [2.45, 2.75) is 13.0 Å². The molecule has 0 aromatic carbocycles. The van der Waals surface area contributed by atoms with E-state index >= 15 is 0 Å². The highest BCUT2D eigenvalue weighted by atomic mass is 16.2. The van der Waals surface area contributed by atoms with Crippen LogP contribution in [0.15, 0.2) is 17.1 Å². The van der Waals surface area contributed by atoms with Gasteiger partial charge in [-0.2, -0.15) is 10.4 Å². The van der Waals surface area contributed by atoms with E-state index in [1.165, 1.54) is 12.3 Å². The van der Waals surface area contributed by atoms with E-state index in [0.29, 0.717) is 5.69 Å². The number of nitrogens with zero attached hydrogens (tertiary/aromatic N) is 3. The first-order valence-corrected chi connectivity index (χ1v) is 5.06. The van der Waals surface area contributed by atoms with Gasteiger partial charge >= 0.3 is 0 Å². The smallest absolute Gasteiger partial charge is 0.269 e. The number of rotatable bonds is 5. The van der Waals surface area contributed by atoms with Gasteiger partial charge in [0, 0.05) is 19.7 Å². The van der Waals surface area contributed by atoms with E-state index in [0.717, 1.165) is 4.68 Å². The Kier molecular flexibility index (Phi) is 4.69. The molecule has 7 nitrogen and oxygen atoms in total. The fraction of sp³-hybridized carbons (Fsp3) is 0.400. The Labute approximate surface area is 98.1 Å². The largest absolute Gasteiger partial charge is 0.387 e. The van der Waals surface area contributed by atoms with Crippen LogP contribution in [-0.2, 0) is 11.3 Å². The number of hydrogen-bond donors (Lipinski definition) is 2. The molecule has 90 valence electrons. The molecule has 0 fully saturated rings. The Morgan fingerprint density at radius 3 is 3.00 bits per heavy atom. The van der Waals surface area contributed by atoms with Crippen molar-refractivity contribution in [3.63, 3.8) is 0 Å². The summed E-state index contributed by atoms with van der Waals surface area (Å²) in [4.78, 5) is 22.9. The zero-order chi connectivity index (χ0) is 12.7. The van der Waals surface area contributed by atoms with Crippen LogP contribution in [0.1, 0.15) is 6.42 Å². The summed E-state index contributed by atoms with van der Waals surface area (Å²) < 4.78 is 1.06. The predicted octanol–water partition coefficient (Wildman–Crippen LogP) is -0.685. The van der Waals surface area contributed by atoms with Crippen LogP contribution < -0.4 is 16.2 Å². The van der Waals surface area contributed by atoms with Crippen molar-refractivity contribution in [2.24, 2.45) is 0 Å². The molecular weight excluding hydrogens is 222 g/mol. The Morgan fingerprint density at radius 2 is 2.41 bits per heavy atom. The van der Waals surface area contributed by atoms with Crippen LogP contribution in [0, 0.1) is 11.3 Å². The third kappa shape index (κ3) is 3.95. The van der Waals surface area contributed by atoms with E-state index in [1.807, 2.05) is 6.07 Å². The topological polar surface area (TPSA) is 99.8 Å². The van der Waals surface area contributed by atoms with E-state index in [1.54, 1.807) is 7.05 Å². The highest BCUT2D eigenvalue weighted by Crippen LogP contribution is 1.96. The van der Waals surface area contributed by atoms with Crippen molar-refractivity contribution in [2.75, 3.05) is 18.9 Å². The van der Waals surface area contributed by atoms with Crippen molar-refractivity contribution in [1.82, 2.24) is 15.1 Å². The minimum Gasteiger partial charge on any atom is -0.387 e. The van der Waals surface area contributed by atoms with Crippen LogP contribution in [-0.4, -0.2) is 29.3 Å². The van der Waals surface area contributed by atoms with Gasteiger partial charge in [-0.05, 0) is 0 Å². The molecule has 0 aliphatic heterocycles. The second-order valence-electron chi connectivity index (χ2n) is 3.25. The second kappa shape index (κ2) is 6.27. The molecule has 1 rings (SSSR count). The summed E-state index contributed by atoms with van der Waals surface area (Å²) in [6.07, 6.45) is 1.71. The maximum absolute atomic E-state index is 11.5. The first-order valence-electron chi connectivity index (χ1n) is 5.06. The molecule has 0 unspecified atom stereocenters. The van der Waals surface area contributed by atoms with Crippen LogP contribution in [0.4, 0.5) is 5.69 Å². The SMILES string of the molecule is CNc1cnn(CC(=O)NCCC#N)c(=O)c1. The maximum atomic E-state index is 11.5. The van der Waals surface area contributed by atoms with Crippen LogP contribution in [0.2, 0.25) is 0 Å². The highest BCUT2D eigenvalue weighted by Gasteiger charge is 2.05. The first-order chi connectivity index (χ1) is 8.17. The van der Waals surface area contributed by atoms with Gasteiger partial charge in [-0.25, -0.2) is 4.68 Å². The number of nitrogens with one attached hydrogen (secondary N) is 2. The molecule has 0 radical (unpaired) electrons. The molecule has 0 saturated heterocycles. The first kappa shape index (κ1) is 12.7. The lowest BCUT2D eigenvalue weighted by atomic mass is 10.4. The summed E-state index contributed by atoms with van der Waals surface area (Å²) in [6, 6.07) is 3.26. The fourth-order valence-electron chi connectivity index (χ4n) is 1.14. The van der Waals surface area contributed by atoms with Crippen LogP contribution in [0.5, 0.6) is 0 Å². The Balaban J connectivity index is 2.60. The number of carbonyl (C=O) groups is 1. The van der Waals surface area contributed by atoms with Crippen molar-refractivity contribution in [3.05, 3.63) is 22.6 Å². The van der Waals surface area contributed by atoms with Crippen molar-refractivity contribution < 1.29 is 4.79 Å². The summed E-state index contributed by atoms with van der Waals surface area (Å²) in [5, 5.41) is 17.4. The average Bonchev–Trinajstić information content (AvgIpc) is 2.32. The fourth-order valence-corrected chi connectivity index (χ4v) is 1.14. The third-order valence-corrected chi connectivity index (χ3v) is 2.01. The van der Waals surface area contributed by atoms with Crippen LogP contribution >= 0.6 is 0 Å². The molecule has 1 aromatic rings. The van der Waals surface area contributed by atoms with Gasteiger partial charge in [0.1, 0.15) is 6.54 Å². The quantitative estimate of drug-likeness (QED) is 0.658. The number of hydrogen-bond acceptors (Lipinski definition) is 5. The molecule has 0 aliphatic carbocycles. The molecule has 2 N–H and O–H groups in total. The average molecular weight is 235 g/mol. The van der Waals surface area contributed by atoms with Gasteiger partial charge in [0.2, 0.25) is 5.91 Å². The van der Waals surface area contributed by atoms with E-state index in [9.17, 15) is 9.59 Å². The van der Waals surface area contributed by atoms with Gasteiger partial charge in [0.05, 0.1) is 24.4 Å². The lowest BCUT2D eigenvalue weighted by Gasteiger charge is -2.05. The number of carbonyl (C=O) groups excluding carboxylic acids is 1. The standard InChI is InChI=1S/C10H13N5O2/c1-12-8-5-10(17)15(14-6-8)7-9(16)13-4-2-3-11/h5-6,12H,2,4,7H2,1H3,(H,13,16). The van der Waals surface area contributed by atoms with E-state index < -0.39 is 0 Å². The zero-order valence-electron chi connectivity index (χ0n) is 9.43. The van der Waals surface area contributed by atoms with E-state index in [-0.39, 0.29) is 31.0 Å². The lowest BCUT2D eigenvalue weighted by molar-refractivity contribution is -0.121. The highest BCUT2D eigenvalue weighted by molar-refractivity contribution is 5.75. The minimum atomic E-state index is -0.354. The third-order valence-electron chi connectivity index (χ3n) is 2.01. The van der Waals surface area contributed by atoms with Crippen molar-refractivity contribution in [3.8, 4) is 6.07 Å². The monoisotopic (exact) mass is 235 g/mol. The summed E-state index contributed by atoms with van der Waals surface area (Å²) in [5.41, 5.74) is 0.239. The Hall–Kier alpha value is -2.36. The Morgan fingerprint density at radius 1 is 1.65 bits per heavy atom. The second-order valence-corrected chi connectivity index (χ2v) is 3.25. The van der Waals surface area contributed by atoms with Gasteiger partial charge < -0.3 is 10.6 Å². The summed E-state index contributed by atoms with van der Waals surface area (Å²) in [5.74, 6) is -0.341. The van der Waals surface area contributed by atoms with Gasteiger partial charge in [-0.1, -0.05) is 0 Å². The molecule has 0 bridgehead atoms. The summed E-state index contributed by atoms with van der Waals surface area (Å²) >= 11 is 0. The molecule has 1 amide bonds. The van der Waals surface area contributed by atoms with Crippen molar-refractivity contribution in [1.29, 1.82) is 5.26 Å². The lowest BCUT2D eigenvalue weighted by Crippen LogP contribution is -2.33. The minimum absolute atomic E-state index is 0.145. The molecule has 17 heavy (non-hydrogen) atoms. The van der Waals surface area contributed by atoms with E-state index in [2.05, 4.69) is 15.7 Å².